The Labute approximate surface area is 215 Å². The highest BCUT2D eigenvalue weighted by atomic mass is 16.5. The highest BCUT2D eigenvalue weighted by molar-refractivity contribution is 5.55. The van der Waals surface area contributed by atoms with Crippen LogP contribution in [0.25, 0.3) is 0 Å². The fraction of sp³-hybridized carbons (Fsp3) is 0.818. The van der Waals surface area contributed by atoms with E-state index in [0.717, 1.165) is 30.6 Å². The predicted octanol–water partition coefficient (Wildman–Crippen LogP) is 11.0. The Bertz CT molecular complexity index is 657. The summed E-state index contributed by atoms with van der Waals surface area (Å²) in [5.41, 5.74) is 7.22. The molecule has 0 bridgehead atoms. The molecule has 1 nitrogen and oxygen atoms in total. The summed E-state index contributed by atoms with van der Waals surface area (Å²) in [7, 11) is 0. The number of ether oxygens (including phenoxy) is 1. The molecule has 2 rings (SSSR count). The van der Waals surface area contributed by atoms with Crippen molar-refractivity contribution in [1.29, 1.82) is 0 Å². The van der Waals surface area contributed by atoms with Crippen LogP contribution in [0.15, 0.2) is 0 Å². The molecule has 1 aromatic carbocycles. The molecule has 0 saturated heterocycles. The Balaban J connectivity index is 0.000000597. The average molecular weight is 475 g/mol. The summed E-state index contributed by atoms with van der Waals surface area (Å²) in [6, 6.07) is 0. The minimum Gasteiger partial charge on any atom is -0.490 e. The summed E-state index contributed by atoms with van der Waals surface area (Å²) in [6.07, 6.45) is 15.2. The monoisotopic (exact) mass is 474 g/mol. The lowest BCUT2D eigenvalue weighted by molar-refractivity contribution is 0.190. The molecule has 0 N–H and O–H groups in total. The van der Waals surface area contributed by atoms with E-state index in [1.165, 1.54) is 91.4 Å². The molecule has 0 radical (unpaired) electrons. The molecule has 1 aromatic rings. The Morgan fingerprint density at radius 2 is 1.29 bits per heavy atom. The molecular formula is C33H62O. The zero-order valence-corrected chi connectivity index (χ0v) is 25.5. The van der Waals surface area contributed by atoms with Crippen LogP contribution in [0.3, 0.4) is 0 Å². The minimum absolute atomic E-state index is 0.373. The van der Waals surface area contributed by atoms with Crippen molar-refractivity contribution in [3.05, 3.63) is 27.8 Å². The van der Waals surface area contributed by atoms with Gasteiger partial charge in [-0.15, -0.1) is 0 Å². The Morgan fingerprint density at radius 1 is 0.765 bits per heavy atom. The van der Waals surface area contributed by atoms with Gasteiger partial charge >= 0.3 is 0 Å². The maximum atomic E-state index is 6.02. The molecule has 0 aliphatic carbocycles. The summed E-state index contributed by atoms with van der Waals surface area (Å²) < 4.78 is 6.02. The first-order valence-corrected chi connectivity index (χ1v) is 14.9. The summed E-state index contributed by atoms with van der Waals surface area (Å²) in [5, 5.41) is 0. The van der Waals surface area contributed by atoms with Crippen LogP contribution >= 0.6 is 0 Å². The van der Waals surface area contributed by atoms with Crippen LogP contribution in [-0.2, 0) is 12.8 Å². The van der Waals surface area contributed by atoms with Crippen molar-refractivity contribution in [3.63, 3.8) is 0 Å². The van der Waals surface area contributed by atoms with Crippen LogP contribution < -0.4 is 4.74 Å². The number of hydrogen-bond donors (Lipinski definition) is 0. The van der Waals surface area contributed by atoms with Gasteiger partial charge in [0.25, 0.3) is 0 Å². The molecule has 1 heteroatoms. The van der Waals surface area contributed by atoms with Gasteiger partial charge in [-0.2, -0.15) is 0 Å². The van der Waals surface area contributed by atoms with Gasteiger partial charge in [-0.25, -0.2) is 0 Å². The first-order chi connectivity index (χ1) is 16.1. The maximum Gasteiger partial charge on any atom is 0.126 e. The van der Waals surface area contributed by atoms with E-state index in [0.29, 0.717) is 6.10 Å². The van der Waals surface area contributed by atoms with Crippen molar-refractivity contribution in [1.82, 2.24) is 0 Å². The van der Waals surface area contributed by atoms with Crippen molar-refractivity contribution in [2.24, 2.45) is 17.8 Å². The van der Waals surface area contributed by atoms with E-state index in [1.807, 2.05) is 13.8 Å². The third-order valence-corrected chi connectivity index (χ3v) is 7.66. The standard InChI is InChI=1S/C16H34.C15H22O.C2H6/c1-6-9-15(4)12-8-13-16(5)11-7-10-14(2)3;1-6-13-10(3)11(4)15-14(12(13)5)8-7-9(2)16-15;1-2/h14-16H,6-13H2,1-5H3;9H,6-8H2,1-5H3;1-2H3. The van der Waals surface area contributed by atoms with Crippen LogP contribution in [0.1, 0.15) is 148 Å². The molecular weight excluding hydrogens is 412 g/mol. The number of fused-ring (bicyclic) bond motifs is 1. The van der Waals surface area contributed by atoms with Crippen molar-refractivity contribution in [2.45, 2.75) is 160 Å². The molecule has 1 aliphatic rings. The van der Waals surface area contributed by atoms with Crippen molar-refractivity contribution < 1.29 is 4.74 Å². The van der Waals surface area contributed by atoms with E-state index >= 15 is 0 Å². The quantitative estimate of drug-likeness (QED) is 0.310. The molecule has 1 heterocycles. The maximum absolute atomic E-state index is 6.02. The molecule has 0 aromatic heterocycles. The second-order valence-corrected chi connectivity index (χ2v) is 11.2. The Kier molecular flexibility index (Phi) is 17.8. The third-order valence-electron chi connectivity index (χ3n) is 7.66. The van der Waals surface area contributed by atoms with Crippen LogP contribution in [0, 0.1) is 38.5 Å². The molecule has 1 aliphatic heterocycles. The van der Waals surface area contributed by atoms with Gasteiger partial charge in [-0.05, 0) is 92.5 Å². The Hall–Kier alpha value is -0.980. The molecule has 3 unspecified atom stereocenters. The molecule has 200 valence electrons. The van der Waals surface area contributed by atoms with Crippen molar-refractivity contribution >= 4 is 0 Å². The van der Waals surface area contributed by atoms with E-state index in [1.54, 1.807) is 0 Å². The molecule has 0 saturated carbocycles. The second kappa shape index (κ2) is 18.3. The van der Waals surface area contributed by atoms with Gasteiger partial charge in [-0.3, -0.25) is 0 Å². The van der Waals surface area contributed by atoms with Gasteiger partial charge in [0, 0.05) is 0 Å². The van der Waals surface area contributed by atoms with Crippen molar-refractivity contribution in [2.75, 3.05) is 0 Å². The van der Waals surface area contributed by atoms with Gasteiger partial charge in [-0.1, -0.05) is 107 Å². The fourth-order valence-corrected chi connectivity index (χ4v) is 5.33. The molecule has 34 heavy (non-hydrogen) atoms. The van der Waals surface area contributed by atoms with Crippen molar-refractivity contribution in [3.8, 4) is 5.75 Å². The zero-order chi connectivity index (χ0) is 26.3. The van der Waals surface area contributed by atoms with Crippen LogP contribution in [0.5, 0.6) is 5.75 Å². The highest BCUT2D eigenvalue weighted by Gasteiger charge is 2.23. The van der Waals surface area contributed by atoms with Gasteiger partial charge in [0.1, 0.15) is 5.75 Å². The first kappa shape index (κ1) is 33.0. The minimum atomic E-state index is 0.373. The lowest BCUT2D eigenvalue weighted by Gasteiger charge is -2.29. The number of rotatable bonds is 11. The summed E-state index contributed by atoms with van der Waals surface area (Å²) in [5.74, 6) is 3.96. The molecule has 0 fully saturated rings. The van der Waals surface area contributed by atoms with Gasteiger partial charge in [0.2, 0.25) is 0 Å². The smallest absolute Gasteiger partial charge is 0.126 e. The molecule has 0 amide bonds. The normalized spacial score (nSPS) is 16.4. The topological polar surface area (TPSA) is 9.23 Å². The second-order valence-electron chi connectivity index (χ2n) is 11.2. The van der Waals surface area contributed by atoms with E-state index in [2.05, 4.69) is 69.2 Å². The van der Waals surface area contributed by atoms with Crippen LogP contribution in [-0.4, -0.2) is 6.10 Å². The molecule has 3 atom stereocenters. The highest BCUT2D eigenvalue weighted by Crippen LogP contribution is 2.38. The lowest BCUT2D eigenvalue weighted by Crippen LogP contribution is -2.21. The number of benzene rings is 1. The predicted molar refractivity (Wildman–Crippen MR) is 156 cm³/mol. The lowest BCUT2D eigenvalue weighted by atomic mass is 9.87. The SMILES string of the molecule is CC.CCCC(C)CCCC(C)CCCC(C)C.CCc1c(C)c(C)c2c(c1C)CCC(C)O2. The fourth-order valence-electron chi connectivity index (χ4n) is 5.33. The summed E-state index contributed by atoms with van der Waals surface area (Å²) in [6.45, 7) is 26.9. The van der Waals surface area contributed by atoms with Crippen LogP contribution in [0.2, 0.25) is 0 Å². The third kappa shape index (κ3) is 11.6. The van der Waals surface area contributed by atoms with E-state index in [9.17, 15) is 0 Å². The average Bonchev–Trinajstić information content (AvgIpc) is 2.79. The Morgan fingerprint density at radius 3 is 1.79 bits per heavy atom. The largest absolute Gasteiger partial charge is 0.490 e. The summed E-state index contributed by atoms with van der Waals surface area (Å²) >= 11 is 0. The zero-order valence-electron chi connectivity index (χ0n) is 25.5. The van der Waals surface area contributed by atoms with E-state index in [4.69, 9.17) is 4.74 Å². The van der Waals surface area contributed by atoms with Gasteiger partial charge < -0.3 is 4.74 Å². The van der Waals surface area contributed by atoms with E-state index in [-0.39, 0.29) is 0 Å². The first-order valence-electron chi connectivity index (χ1n) is 14.9. The van der Waals surface area contributed by atoms with E-state index < -0.39 is 0 Å². The summed E-state index contributed by atoms with van der Waals surface area (Å²) in [4.78, 5) is 0. The van der Waals surface area contributed by atoms with Crippen LogP contribution in [0.4, 0.5) is 0 Å². The van der Waals surface area contributed by atoms with Gasteiger partial charge in [0.15, 0.2) is 0 Å². The molecule has 0 spiro atoms. The van der Waals surface area contributed by atoms with Gasteiger partial charge in [0.05, 0.1) is 6.10 Å². The number of hydrogen-bond acceptors (Lipinski definition) is 1.